The Labute approximate surface area is 230 Å². The number of nitrogens with one attached hydrogen (secondary N) is 1. The van der Waals surface area contributed by atoms with Crippen LogP contribution in [-0.2, 0) is 30.7 Å². The Balaban J connectivity index is 1.50. The highest BCUT2D eigenvalue weighted by Crippen LogP contribution is 2.32. The van der Waals surface area contributed by atoms with Crippen molar-refractivity contribution < 1.29 is 32.5 Å². The van der Waals surface area contributed by atoms with Gasteiger partial charge in [0.15, 0.2) is 6.29 Å². The fraction of sp³-hybridized carbons (Fsp3) is 0.536. The number of fused-ring (bicyclic) bond motifs is 1. The van der Waals surface area contributed by atoms with Crippen molar-refractivity contribution in [3.8, 4) is 0 Å². The van der Waals surface area contributed by atoms with Gasteiger partial charge in [-0.1, -0.05) is 44.2 Å². The Kier molecular flexibility index (Phi) is 9.84. The molecule has 214 valence electrons. The summed E-state index contributed by atoms with van der Waals surface area (Å²) < 4.78 is 45.3. The number of anilines is 1. The van der Waals surface area contributed by atoms with E-state index in [1.807, 2.05) is 44.2 Å². The molecule has 2 aliphatic heterocycles. The monoisotopic (exact) mass is 561 g/mol. The van der Waals surface area contributed by atoms with Gasteiger partial charge in [0, 0.05) is 31.3 Å². The molecule has 0 saturated carbocycles. The summed E-state index contributed by atoms with van der Waals surface area (Å²) in [6.45, 7) is 4.65. The lowest BCUT2D eigenvalue weighted by molar-refractivity contribution is -0.152. The molecule has 0 radical (unpaired) electrons. The Morgan fingerprint density at radius 3 is 2.54 bits per heavy atom. The Morgan fingerprint density at radius 1 is 1.13 bits per heavy atom. The number of nitrogens with zero attached hydrogens (tertiary/aromatic N) is 1. The molecule has 2 heterocycles. The molecule has 0 bridgehead atoms. The van der Waals surface area contributed by atoms with Crippen LogP contribution in [0.15, 0.2) is 59.5 Å². The summed E-state index contributed by atoms with van der Waals surface area (Å²) in [5.74, 6) is -0.0344. The van der Waals surface area contributed by atoms with Gasteiger partial charge in [0.05, 0.1) is 23.6 Å². The van der Waals surface area contributed by atoms with Crippen LogP contribution < -0.4 is 11.1 Å². The molecule has 0 aliphatic carbocycles. The van der Waals surface area contributed by atoms with Crippen molar-refractivity contribution in [2.24, 2.45) is 11.8 Å². The number of aliphatic hydroxyl groups is 1. The quantitative estimate of drug-likeness (QED) is 0.356. The predicted octanol–water partition coefficient (Wildman–Crippen LogP) is 2.77. The molecule has 1 unspecified atom stereocenters. The van der Waals surface area contributed by atoms with Gasteiger partial charge in [0.2, 0.25) is 10.0 Å². The second-order valence-corrected chi connectivity index (χ2v) is 12.6. The normalized spacial score (nSPS) is 22.8. The smallest absolute Gasteiger partial charge is 0.407 e. The first kappa shape index (κ1) is 29.3. The molecule has 5 atom stereocenters. The van der Waals surface area contributed by atoms with Gasteiger partial charge in [-0.2, -0.15) is 4.31 Å². The van der Waals surface area contributed by atoms with Crippen molar-refractivity contribution in [2.75, 3.05) is 32.0 Å². The number of ether oxygens (including phenoxy) is 3. The van der Waals surface area contributed by atoms with Crippen LogP contribution in [0, 0.1) is 11.8 Å². The van der Waals surface area contributed by atoms with Crippen LogP contribution in [-0.4, -0.2) is 74.8 Å². The molecule has 11 heteroatoms. The molecule has 2 aromatic rings. The van der Waals surface area contributed by atoms with E-state index in [1.54, 1.807) is 0 Å². The number of nitrogen functional groups attached to an aromatic ring is 1. The fourth-order valence-electron chi connectivity index (χ4n) is 5.02. The third-order valence-electron chi connectivity index (χ3n) is 7.02. The number of rotatable bonds is 11. The van der Waals surface area contributed by atoms with E-state index in [-0.39, 0.29) is 49.1 Å². The van der Waals surface area contributed by atoms with Crippen LogP contribution in [0.3, 0.4) is 0 Å². The minimum Gasteiger partial charge on any atom is -0.443 e. The summed E-state index contributed by atoms with van der Waals surface area (Å²) in [4.78, 5) is 13.1. The molecule has 1 amide bonds. The molecule has 4 N–H and O–H groups in total. The van der Waals surface area contributed by atoms with Crippen molar-refractivity contribution in [1.82, 2.24) is 9.62 Å². The predicted molar refractivity (Wildman–Crippen MR) is 146 cm³/mol. The second-order valence-electron chi connectivity index (χ2n) is 10.6. The SMILES string of the molecule is CC(C)CN(C[C@H](O)[C@H](Cc1ccccc1)NC(=O)O[C@@H]1CO[C@@H]2OCCCC21)S(=O)(=O)c1ccc(N)cc1. The maximum atomic E-state index is 13.5. The number of aliphatic hydroxyl groups excluding tert-OH is 1. The molecule has 0 spiro atoms. The average molecular weight is 562 g/mol. The van der Waals surface area contributed by atoms with Crippen LogP contribution in [0.1, 0.15) is 32.3 Å². The number of amides is 1. The summed E-state index contributed by atoms with van der Waals surface area (Å²) in [6, 6.07) is 14.5. The molecule has 2 saturated heterocycles. The van der Waals surface area contributed by atoms with Gasteiger partial charge < -0.3 is 30.4 Å². The summed E-state index contributed by atoms with van der Waals surface area (Å²) in [5, 5.41) is 14.2. The van der Waals surface area contributed by atoms with Crippen LogP contribution in [0.5, 0.6) is 0 Å². The van der Waals surface area contributed by atoms with E-state index >= 15 is 0 Å². The van der Waals surface area contributed by atoms with Crippen LogP contribution in [0.4, 0.5) is 10.5 Å². The first-order valence-corrected chi connectivity index (χ1v) is 14.9. The second kappa shape index (κ2) is 13.1. The maximum Gasteiger partial charge on any atom is 0.407 e. The Morgan fingerprint density at radius 2 is 1.85 bits per heavy atom. The molecule has 2 fully saturated rings. The largest absolute Gasteiger partial charge is 0.443 e. The van der Waals surface area contributed by atoms with Crippen molar-refractivity contribution in [3.63, 3.8) is 0 Å². The Hall–Kier alpha value is -2.70. The van der Waals surface area contributed by atoms with E-state index in [9.17, 15) is 18.3 Å². The summed E-state index contributed by atoms with van der Waals surface area (Å²) in [6.07, 6.45) is -0.734. The Bertz CT molecular complexity index is 1180. The van der Waals surface area contributed by atoms with Crippen molar-refractivity contribution >= 4 is 21.8 Å². The molecule has 39 heavy (non-hydrogen) atoms. The van der Waals surface area contributed by atoms with Gasteiger partial charge in [-0.25, -0.2) is 13.2 Å². The van der Waals surface area contributed by atoms with Crippen LogP contribution in [0.2, 0.25) is 0 Å². The third kappa shape index (κ3) is 7.70. The highest BCUT2D eigenvalue weighted by molar-refractivity contribution is 7.89. The van der Waals surface area contributed by atoms with E-state index in [2.05, 4.69) is 5.32 Å². The minimum absolute atomic E-state index is 0.000668. The van der Waals surface area contributed by atoms with Gasteiger partial charge >= 0.3 is 6.09 Å². The number of alkyl carbamates (subject to hydrolysis) is 1. The minimum atomic E-state index is -3.93. The standard InChI is InChI=1S/C28H39N3O7S/c1-19(2)16-31(39(34,35)22-12-10-21(29)11-13-22)17-25(32)24(15-20-7-4-3-5-8-20)30-28(33)38-26-18-37-27-23(26)9-6-14-36-27/h3-5,7-8,10-13,19,23-27,32H,6,9,14-18,29H2,1-2H3,(H,30,33)/t23?,24-,25-,26+,27-/m0/s1. The third-order valence-corrected chi connectivity index (χ3v) is 8.86. The van der Waals surface area contributed by atoms with Crippen LogP contribution in [0.25, 0.3) is 0 Å². The number of carbonyl (C=O) groups is 1. The number of carbonyl (C=O) groups excluding carboxylic acids is 1. The highest BCUT2D eigenvalue weighted by atomic mass is 32.2. The lowest BCUT2D eigenvalue weighted by atomic mass is 9.97. The maximum absolute atomic E-state index is 13.5. The molecule has 0 aromatic heterocycles. The zero-order valence-corrected chi connectivity index (χ0v) is 23.3. The highest BCUT2D eigenvalue weighted by Gasteiger charge is 2.42. The molecule has 10 nitrogen and oxygen atoms in total. The zero-order valence-electron chi connectivity index (χ0n) is 22.4. The van der Waals surface area contributed by atoms with Gasteiger partial charge in [-0.15, -0.1) is 0 Å². The summed E-state index contributed by atoms with van der Waals surface area (Å²) in [5.41, 5.74) is 7.08. The lowest BCUT2D eigenvalue weighted by Gasteiger charge is -2.31. The van der Waals surface area contributed by atoms with Gasteiger partial charge in [-0.3, -0.25) is 0 Å². The van der Waals surface area contributed by atoms with E-state index in [0.717, 1.165) is 18.4 Å². The van der Waals surface area contributed by atoms with Crippen molar-refractivity contribution in [1.29, 1.82) is 0 Å². The summed E-state index contributed by atoms with van der Waals surface area (Å²) in [7, 11) is -3.93. The molecular formula is C28H39N3O7S. The number of benzene rings is 2. The van der Waals surface area contributed by atoms with E-state index < -0.39 is 34.4 Å². The molecule has 2 aliphatic rings. The van der Waals surface area contributed by atoms with Crippen molar-refractivity contribution in [3.05, 3.63) is 60.2 Å². The number of nitrogens with two attached hydrogens (primary N) is 1. The fourth-order valence-corrected chi connectivity index (χ4v) is 6.64. The summed E-state index contributed by atoms with van der Waals surface area (Å²) >= 11 is 0. The number of sulfonamides is 1. The topological polar surface area (TPSA) is 140 Å². The first-order valence-electron chi connectivity index (χ1n) is 13.4. The van der Waals surface area contributed by atoms with Gasteiger partial charge in [0.25, 0.3) is 0 Å². The van der Waals surface area contributed by atoms with Gasteiger partial charge in [0.1, 0.15) is 6.10 Å². The molecular weight excluding hydrogens is 522 g/mol. The average Bonchev–Trinajstić information content (AvgIpc) is 3.31. The van der Waals surface area contributed by atoms with Crippen molar-refractivity contribution in [2.45, 2.75) is 62.5 Å². The number of hydrogen-bond acceptors (Lipinski definition) is 8. The van der Waals surface area contributed by atoms with E-state index in [0.29, 0.717) is 12.3 Å². The molecule has 4 rings (SSSR count). The molecule has 2 aromatic carbocycles. The van der Waals surface area contributed by atoms with Crippen LogP contribution >= 0.6 is 0 Å². The van der Waals surface area contributed by atoms with E-state index in [4.69, 9.17) is 19.9 Å². The number of hydrogen-bond donors (Lipinski definition) is 3. The van der Waals surface area contributed by atoms with E-state index in [1.165, 1.54) is 28.6 Å². The first-order chi connectivity index (χ1) is 18.6. The zero-order chi connectivity index (χ0) is 28.0. The lowest BCUT2D eigenvalue weighted by Crippen LogP contribution is -2.51. The van der Waals surface area contributed by atoms with Gasteiger partial charge in [-0.05, 0) is 55.0 Å².